The van der Waals surface area contributed by atoms with Crippen LogP contribution in [0.3, 0.4) is 0 Å². The van der Waals surface area contributed by atoms with Crippen LogP contribution in [-0.4, -0.2) is 51.3 Å². The van der Waals surface area contributed by atoms with Crippen molar-refractivity contribution in [2.24, 2.45) is 0 Å². The summed E-state index contributed by atoms with van der Waals surface area (Å²) in [6.07, 6.45) is 0. The number of nitrogens with zero attached hydrogens (tertiary/aromatic N) is 1. The van der Waals surface area contributed by atoms with E-state index in [1.807, 2.05) is 32.9 Å². The second kappa shape index (κ2) is 10.1. The van der Waals surface area contributed by atoms with Crippen LogP contribution in [0.25, 0.3) is 0 Å². The van der Waals surface area contributed by atoms with Crippen LogP contribution in [0.1, 0.15) is 51.3 Å². The molecule has 2 aromatic rings. The summed E-state index contributed by atoms with van der Waals surface area (Å²) >= 11 is 0. The van der Waals surface area contributed by atoms with Crippen molar-refractivity contribution in [1.82, 2.24) is 4.31 Å². The molecule has 0 N–H and O–H groups in total. The van der Waals surface area contributed by atoms with Crippen LogP contribution in [-0.2, 0) is 14.8 Å². The maximum absolute atomic E-state index is 12.9. The van der Waals surface area contributed by atoms with E-state index in [1.54, 1.807) is 13.8 Å². The minimum atomic E-state index is -3.86. The molecule has 2 aromatic carbocycles. The molecule has 0 saturated heterocycles. The van der Waals surface area contributed by atoms with Crippen LogP contribution in [0.5, 0.6) is 5.75 Å². The van der Waals surface area contributed by atoms with Crippen molar-refractivity contribution in [3.63, 3.8) is 0 Å². The number of benzene rings is 2. The number of sulfonamides is 1. The Morgan fingerprint density at radius 2 is 1.55 bits per heavy atom. The average Bonchev–Trinajstić information content (AvgIpc) is 2.71. The van der Waals surface area contributed by atoms with Crippen molar-refractivity contribution in [2.75, 3.05) is 26.8 Å². The van der Waals surface area contributed by atoms with Gasteiger partial charge in [-0.05, 0) is 50.1 Å². The Bertz CT molecular complexity index is 1060. The molecule has 168 valence electrons. The van der Waals surface area contributed by atoms with Gasteiger partial charge in [-0.1, -0.05) is 31.5 Å². The molecular formula is C23H29NO6S. The fourth-order valence-electron chi connectivity index (χ4n) is 3.61. The number of hydrogen-bond donors (Lipinski definition) is 0. The number of methoxy groups -OCH3 is 1. The maximum Gasteiger partial charge on any atom is 0.338 e. The second-order valence-electron chi connectivity index (χ2n) is 7.23. The smallest absolute Gasteiger partial charge is 0.338 e. The fourth-order valence-corrected chi connectivity index (χ4v) is 5.25. The minimum Gasteiger partial charge on any atom is -0.495 e. The third-order valence-corrected chi connectivity index (χ3v) is 7.08. The molecule has 0 spiro atoms. The standard InChI is InChI=1S/C23H29NO6S/c1-7-24(8-2)31(27,28)21-13-18(9-10-20(21)29-6)23(26)30-14-19(25)22-16(4)11-15(3)12-17(22)5/h9-13H,7-8,14H2,1-6H3. The predicted molar refractivity (Wildman–Crippen MR) is 118 cm³/mol. The molecule has 31 heavy (non-hydrogen) atoms. The molecule has 7 nitrogen and oxygen atoms in total. The molecule has 0 unspecified atom stereocenters. The highest BCUT2D eigenvalue weighted by atomic mass is 32.2. The van der Waals surface area contributed by atoms with Crippen molar-refractivity contribution in [1.29, 1.82) is 0 Å². The summed E-state index contributed by atoms with van der Waals surface area (Å²) in [6, 6.07) is 7.84. The zero-order chi connectivity index (χ0) is 23.3. The van der Waals surface area contributed by atoms with E-state index in [9.17, 15) is 18.0 Å². The van der Waals surface area contributed by atoms with Crippen LogP contribution in [0.4, 0.5) is 0 Å². The van der Waals surface area contributed by atoms with Gasteiger partial charge in [-0.15, -0.1) is 0 Å². The number of ketones is 1. The van der Waals surface area contributed by atoms with Gasteiger partial charge in [0.2, 0.25) is 15.8 Å². The molecule has 0 fully saturated rings. The lowest BCUT2D eigenvalue weighted by Gasteiger charge is -2.20. The van der Waals surface area contributed by atoms with Crippen LogP contribution < -0.4 is 4.74 Å². The number of carbonyl (C=O) groups excluding carboxylic acids is 2. The van der Waals surface area contributed by atoms with E-state index < -0.39 is 22.6 Å². The Morgan fingerprint density at radius 1 is 0.968 bits per heavy atom. The van der Waals surface area contributed by atoms with Gasteiger partial charge in [-0.2, -0.15) is 4.31 Å². The highest BCUT2D eigenvalue weighted by Crippen LogP contribution is 2.28. The van der Waals surface area contributed by atoms with Crippen LogP contribution in [0, 0.1) is 20.8 Å². The summed E-state index contributed by atoms with van der Waals surface area (Å²) in [5.41, 5.74) is 3.23. The normalized spacial score (nSPS) is 11.5. The molecule has 0 aliphatic heterocycles. The quantitative estimate of drug-likeness (QED) is 0.430. The Morgan fingerprint density at radius 3 is 2.06 bits per heavy atom. The van der Waals surface area contributed by atoms with E-state index in [1.165, 1.54) is 29.6 Å². The van der Waals surface area contributed by atoms with E-state index in [0.717, 1.165) is 16.7 Å². The zero-order valence-electron chi connectivity index (χ0n) is 18.8. The Balaban J connectivity index is 2.28. The number of hydrogen-bond acceptors (Lipinski definition) is 6. The first kappa shape index (κ1) is 24.6. The van der Waals surface area contributed by atoms with Gasteiger partial charge >= 0.3 is 5.97 Å². The summed E-state index contributed by atoms with van der Waals surface area (Å²) in [7, 11) is -2.50. The third-order valence-electron chi connectivity index (χ3n) is 5.01. The second-order valence-corrected chi connectivity index (χ2v) is 9.13. The molecule has 0 saturated carbocycles. The topological polar surface area (TPSA) is 90.0 Å². The van der Waals surface area contributed by atoms with Gasteiger partial charge in [0.15, 0.2) is 6.61 Å². The first-order valence-corrected chi connectivity index (χ1v) is 11.5. The fraction of sp³-hybridized carbons (Fsp3) is 0.391. The molecule has 2 rings (SSSR count). The molecule has 0 amide bonds. The van der Waals surface area contributed by atoms with E-state index in [-0.39, 0.29) is 35.1 Å². The summed E-state index contributed by atoms with van der Waals surface area (Å²) < 4.78 is 37.5. The van der Waals surface area contributed by atoms with Crippen molar-refractivity contribution in [3.8, 4) is 5.75 Å². The number of carbonyl (C=O) groups is 2. The van der Waals surface area contributed by atoms with Crippen molar-refractivity contribution < 1.29 is 27.5 Å². The van der Waals surface area contributed by atoms with Crippen LogP contribution in [0.2, 0.25) is 0 Å². The number of rotatable bonds is 9. The molecule has 0 aliphatic carbocycles. The summed E-state index contributed by atoms with van der Waals surface area (Å²) in [5.74, 6) is -0.965. The van der Waals surface area contributed by atoms with Gasteiger partial charge in [0.25, 0.3) is 0 Å². The molecular weight excluding hydrogens is 418 g/mol. The monoisotopic (exact) mass is 447 g/mol. The summed E-state index contributed by atoms with van der Waals surface area (Å²) in [5, 5.41) is 0. The first-order valence-electron chi connectivity index (χ1n) is 10.0. The largest absolute Gasteiger partial charge is 0.495 e. The lowest BCUT2D eigenvalue weighted by atomic mass is 9.97. The SMILES string of the molecule is CCN(CC)S(=O)(=O)c1cc(C(=O)OCC(=O)c2c(C)cc(C)cc2C)ccc1OC. The van der Waals surface area contributed by atoms with E-state index in [0.29, 0.717) is 5.56 Å². The Labute approximate surface area is 184 Å². The van der Waals surface area contributed by atoms with Gasteiger partial charge < -0.3 is 9.47 Å². The molecule has 0 heterocycles. The van der Waals surface area contributed by atoms with E-state index in [4.69, 9.17) is 9.47 Å². The van der Waals surface area contributed by atoms with Gasteiger partial charge in [0, 0.05) is 18.7 Å². The highest BCUT2D eigenvalue weighted by Gasteiger charge is 2.27. The van der Waals surface area contributed by atoms with Crippen molar-refractivity contribution in [3.05, 3.63) is 58.1 Å². The molecule has 8 heteroatoms. The van der Waals surface area contributed by atoms with Crippen molar-refractivity contribution >= 4 is 21.8 Å². The highest BCUT2D eigenvalue weighted by molar-refractivity contribution is 7.89. The molecule has 0 atom stereocenters. The van der Waals surface area contributed by atoms with Gasteiger partial charge in [-0.3, -0.25) is 4.79 Å². The average molecular weight is 448 g/mol. The van der Waals surface area contributed by atoms with E-state index in [2.05, 4.69) is 0 Å². The maximum atomic E-state index is 12.9. The van der Waals surface area contributed by atoms with Crippen LogP contribution in [0.15, 0.2) is 35.2 Å². The molecule has 0 aliphatic rings. The number of ether oxygens (including phenoxy) is 2. The lowest BCUT2D eigenvalue weighted by molar-refractivity contribution is 0.0474. The van der Waals surface area contributed by atoms with Gasteiger partial charge in [-0.25, -0.2) is 13.2 Å². The minimum absolute atomic E-state index is 0.0247. The lowest BCUT2D eigenvalue weighted by Crippen LogP contribution is -2.31. The van der Waals surface area contributed by atoms with Crippen molar-refractivity contribution in [2.45, 2.75) is 39.5 Å². The molecule has 0 aromatic heterocycles. The Kier molecular flexibility index (Phi) is 7.97. The van der Waals surface area contributed by atoms with Gasteiger partial charge in [0.1, 0.15) is 10.6 Å². The first-order chi connectivity index (χ1) is 14.6. The number of esters is 1. The predicted octanol–water partition coefficient (Wildman–Crippen LogP) is 3.69. The number of aryl methyl sites for hydroxylation is 3. The van der Waals surface area contributed by atoms with Crippen LogP contribution >= 0.6 is 0 Å². The number of Topliss-reactive ketones (excluding diaryl/α,β-unsaturated/α-hetero) is 1. The van der Waals surface area contributed by atoms with Gasteiger partial charge in [0.05, 0.1) is 12.7 Å². The zero-order valence-corrected chi connectivity index (χ0v) is 19.6. The molecule has 0 radical (unpaired) electrons. The summed E-state index contributed by atoms with van der Waals surface area (Å²) in [6.45, 7) is 9.20. The summed E-state index contributed by atoms with van der Waals surface area (Å²) in [4.78, 5) is 25.1. The van der Waals surface area contributed by atoms with E-state index >= 15 is 0 Å². The third kappa shape index (κ3) is 5.32. The molecule has 0 bridgehead atoms. The Hall–Kier alpha value is -2.71.